The number of benzene rings is 1. The summed E-state index contributed by atoms with van der Waals surface area (Å²) in [4.78, 5) is 3.06. The van der Waals surface area contributed by atoms with Crippen LogP contribution in [0.15, 0.2) is 32.5 Å². The third-order valence-corrected chi connectivity index (χ3v) is 5.33. The Morgan fingerprint density at radius 2 is 2.11 bits per heavy atom. The number of thiophene rings is 1. The van der Waals surface area contributed by atoms with E-state index in [1.165, 1.54) is 4.88 Å². The van der Waals surface area contributed by atoms with Crippen molar-refractivity contribution in [3.05, 3.63) is 48.8 Å². The minimum absolute atomic E-state index is 0.263. The Hall–Kier alpha value is -0.430. The lowest BCUT2D eigenvalue weighted by molar-refractivity contribution is 0.613. The minimum Gasteiger partial charge on any atom is -0.367 e. The molecule has 2 nitrogen and oxygen atoms in total. The van der Waals surface area contributed by atoms with Gasteiger partial charge in [0.25, 0.3) is 0 Å². The van der Waals surface area contributed by atoms with Gasteiger partial charge in [-0.2, -0.15) is 0 Å². The summed E-state index contributed by atoms with van der Waals surface area (Å²) in [5.41, 5.74) is 6.89. The Morgan fingerprint density at radius 3 is 2.68 bits per heavy atom. The zero-order valence-electron chi connectivity index (χ0n) is 10.3. The van der Waals surface area contributed by atoms with Crippen molar-refractivity contribution < 1.29 is 4.39 Å². The summed E-state index contributed by atoms with van der Waals surface area (Å²) in [5, 5.41) is 2.02. The number of halogens is 3. The van der Waals surface area contributed by atoms with Crippen molar-refractivity contribution in [3.8, 4) is 0 Å². The smallest absolute Gasteiger partial charge is 0.160 e. The molecule has 102 valence electrons. The van der Waals surface area contributed by atoms with Crippen LogP contribution in [-0.2, 0) is 13.1 Å². The third kappa shape index (κ3) is 3.37. The van der Waals surface area contributed by atoms with Gasteiger partial charge in [-0.3, -0.25) is 0 Å². The predicted octanol–water partition coefficient (Wildman–Crippen LogP) is 4.51. The highest BCUT2D eigenvalue weighted by molar-refractivity contribution is 9.10. The van der Waals surface area contributed by atoms with E-state index >= 15 is 0 Å². The zero-order chi connectivity index (χ0) is 14.0. The molecule has 0 unspecified atom stereocenters. The van der Waals surface area contributed by atoms with E-state index in [0.717, 1.165) is 10.0 Å². The van der Waals surface area contributed by atoms with Crippen LogP contribution in [0.25, 0.3) is 0 Å². The van der Waals surface area contributed by atoms with Crippen LogP contribution in [-0.4, -0.2) is 7.05 Å². The summed E-state index contributed by atoms with van der Waals surface area (Å²) in [5.74, 6) is -0.263. The quantitative estimate of drug-likeness (QED) is 0.807. The van der Waals surface area contributed by atoms with Crippen LogP contribution < -0.4 is 10.6 Å². The normalized spacial score (nSPS) is 10.8. The van der Waals surface area contributed by atoms with Crippen molar-refractivity contribution in [2.45, 2.75) is 13.1 Å². The fourth-order valence-corrected chi connectivity index (χ4v) is 3.79. The molecular weight excluding hydrogens is 395 g/mol. The van der Waals surface area contributed by atoms with E-state index < -0.39 is 0 Å². The molecule has 0 fully saturated rings. The molecular formula is C13H13Br2FN2S. The van der Waals surface area contributed by atoms with Gasteiger partial charge in [-0.25, -0.2) is 4.39 Å². The number of hydrogen-bond donors (Lipinski definition) is 1. The largest absolute Gasteiger partial charge is 0.367 e. The van der Waals surface area contributed by atoms with Gasteiger partial charge in [0, 0.05) is 28.3 Å². The van der Waals surface area contributed by atoms with Crippen molar-refractivity contribution in [2.75, 3.05) is 11.9 Å². The average molecular weight is 408 g/mol. The Morgan fingerprint density at radius 1 is 1.37 bits per heavy atom. The molecule has 0 aliphatic rings. The lowest BCUT2D eigenvalue weighted by Crippen LogP contribution is -2.17. The van der Waals surface area contributed by atoms with Crippen molar-refractivity contribution >= 4 is 48.9 Å². The summed E-state index contributed by atoms with van der Waals surface area (Å²) in [6.07, 6.45) is 0. The molecule has 2 N–H and O–H groups in total. The highest BCUT2D eigenvalue weighted by Crippen LogP contribution is 2.30. The number of hydrogen-bond acceptors (Lipinski definition) is 3. The highest BCUT2D eigenvalue weighted by Gasteiger charge is 2.14. The lowest BCUT2D eigenvalue weighted by atomic mass is 10.2. The van der Waals surface area contributed by atoms with E-state index in [1.54, 1.807) is 17.4 Å². The first-order valence-electron chi connectivity index (χ1n) is 5.64. The Labute approximate surface area is 132 Å². The molecule has 0 amide bonds. The molecule has 19 heavy (non-hydrogen) atoms. The van der Waals surface area contributed by atoms with Gasteiger partial charge in [-0.15, -0.1) is 11.3 Å². The standard InChI is InChI=1S/C13H13Br2FN2S/c1-18(6-10-4-9(14)7-19-10)11-3-2-8(5-17)12(15)13(11)16/h2-4,7H,5-6,17H2,1H3. The zero-order valence-corrected chi connectivity index (χ0v) is 14.3. The first-order chi connectivity index (χ1) is 9.02. The molecule has 2 rings (SSSR count). The molecule has 0 radical (unpaired) electrons. The first-order valence-corrected chi connectivity index (χ1v) is 8.10. The molecule has 0 spiro atoms. The van der Waals surface area contributed by atoms with Crippen molar-refractivity contribution in [2.24, 2.45) is 5.73 Å². The van der Waals surface area contributed by atoms with Crippen molar-refractivity contribution in [1.29, 1.82) is 0 Å². The second kappa shape index (κ2) is 6.35. The van der Waals surface area contributed by atoms with Gasteiger partial charge in [0.15, 0.2) is 5.82 Å². The number of anilines is 1. The highest BCUT2D eigenvalue weighted by atomic mass is 79.9. The van der Waals surface area contributed by atoms with Gasteiger partial charge >= 0.3 is 0 Å². The second-order valence-electron chi connectivity index (χ2n) is 4.16. The Balaban J connectivity index is 2.24. The van der Waals surface area contributed by atoms with Crippen LogP contribution >= 0.6 is 43.2 Å². The van der Waals surface area contributed by atoms with Crippen LogP contribution in [0.3, 0.4) is 0 Å². The van der Waals surface area contributed by atoms with Gasteiger partial charge in [0.1, 0.15) is 0 Å². The molecule has 1 aromatic carbocycles. The minimum atomic E-state index is -0.263. The Bertz CT molecular complexity index is 586. The van der Waals surface area contributed by atoms with Crippen molar-refractivity contribution in [3.63, 3.8) is 0 Å². The summed E-state index contributed by atoms with van der Waals surface area (Å²) >= 11 is 8.33. The van der Waals surface area contributed by atoms with E-state index in [2.05, 4.69) is 31.9 Å². The molecule has 6 heteroatoms. The Kier molecular flexibility index (Phi) is 5.00. The van der Waals surface area contributed by atoms with Crippen LogP contribution in [0.1, 0.15) is 10.4 Å². The maximum Gasteiger partial charge on any atom is 0.160 e. The summed E-state index contributed by atoms with van der Waals surface area (Å²) in [6.45, 7) is 0.987. The maximum absolute atomic E-state index is 14.3. The van der Waals surface area contributed by atoms with E-state index in [4.69, 9.17) is 5.73 Å². The summed E-state index contributed by atoms with van der Waals surface area (Å²) < 4.78 is 15.8. The summed E-state index contributed by atoms with van der Waals surface area (Å²) in [6, 6.07) is 5.66. The molecule has 0 atom stereocenters. The van der Waals surface area contributed by atoms with E-state index in [9.17, 15) is 4.39 Å². The molecule has 0 saturated heterocycles. The topological polar surface area (TPSA) is 29.3 Å². The molecule has 0 bridgehead atoms. The number of nitrogens with zero attached hydrogens (tertiary/aromatic N) is 1. The SMILES string of the molecule is CN(Cc1cc(Br)cs1)c1ccc(CN)c(Br)c1F. The van der Waals surface area contributed by atoms with E-state index in [1.807, 2.05) is 29.5 Å². The molecule has 0 aliphatic heterocycles. The first kappa shape index (κ1) is 15.0. The monoisotopic (exact) mass is 406 g/mol. The molecule has 1 aromatic heterocycles. The van der Waals surface area contributed by atoms with Gasteiger partial charge in [-0.1, -0.05) is 6.07 Å². The van der Waals surface area contributed by atoms with E-state index in [0.29, 0.717) is 23.2 Å². The number of rotatable bonds is 4. The van der Waals surface area contributed by atoms with E-state index in [-0.39, 0.29) is 5.82 Å². The average Bonchev–Trinajstić information content (AvgIpc) is 2.78. The maximum atomic E-state index is 14.3. The fraction of sp³-hybridized carbons (Fsp3) is 0.231. The molecule has 1 heterocycles. The third-order valence-electron chi connectivity index (χ3n) is 2.79. The van der Waals surface area contributed by atoms with Gasteiger partial charge in [0.2, 0.25) is 0 Å². The van der Waals surface area contributed by atoms with Gasteiger partial charge in [-0.05, 0) is 49.6 Å². The summed E-state index contributed by atoms with van der Waals surface area (Å²) in [7, 11) is 1.88. The van der Waals surface area contributed by atoms with Crippen LogP contribution in [0, 0.1) is 5.82 Å². The molecule has 0 aliphatic carbocycles. The number of nitrogens with two attached hydrogens (primary N) is 1. The van der Waals surface area contributed by atoms with Crippen LogP contribution in [0.2, 0.25) is 0 Å². The van der Waals surface area contributed by atoms with Gasteiger partial charge in [0.05, 0.1) is 16.7 Å². The lowest BCUT2D eigenvalue weighted by Gasteiger charge is -2.20. The fourth-order valence-electron chi connectivity index (χ4n) is 1.79. The van der Waals surface area contributed by atoms with Gasteiger partial charge < -0.3 is 10.6 Å². The molecule has 2 aromatic rings. The second-order valence-corrected chi connectivity index (χ2v) is 6.87. The van der Waals surface area contributed by atoms with Crippen molar-refractivity contribution in [1.82, 2.24) is 0 Å². The molecule has 0 saturated carbocycles. The predicted molar refractivity (Wildman–Crippen MR) is 86.1 cm³/mol. The van der Waals surface area contributed by atoms with Crippen LogP contribution in [0.4, 0.5) is 10.1 Å². The van der Waals surface area contributed by atoms with Crippen LogP contribution in [0.5, 0.6) is 0 Å².